The molecule has 5 heterocycles. The normalized spacial score (nSPS) is 25.7. The summed E-state index contributed by atoms with van der Waals surface area (Å²) in [5.41, 5.74) is 5.26. The molecule has 0 spiro atoms. The highest BCUT2D eigenvalue weighted by Crippen LogP contribution is 2.54. The summed E-state index contributed by atoms with van der Waals surface area (Å²) < 4.78 is 18.4. The second-order valence-electron chi connectivity index (χ2n) is 12.5. The van der Waals surface area contributed by atoms with Crippen molar-refractivity contribution in [2.24, 2.45) is 0 Å². The number of nitrogens with one attached hydrogen (secondary N) is 1. The number of aromatic nitrogens is 2. The maximum atomic E-state index is 13.5. The van der Waals surface area contributed by atoms with Crippen molar-refractivity contribution in [3.63, 3.8) is 0 Å². The highest BCUT2D eigenvalue weighted by Gasteiger charge is 2.54. The first-order valence-corrected chi connectivity index (χ1v) is 15.3. The largest absolute Gasteiger partial charge is 0.392 e. The minimum absolute atomic E-state index is 0.0144. The van der Waals surface area contributed by atoms with E-state index in [1.165, 1.54) is 0 Å². The Hall–Kier alpha value is -3.43. The Kier molecular flexibility index (Phi) is 5.79. The van der Waals surface area contributed by atoms with E-state index in [1.54, 1.807) is 7.11 Å². The van der Waals surface area contributed by atoms with Crippen molar-refractivity contribution in [1.29, 1.82) is 0 Å². The van der Waals surface area contributed by atoms with Crippen molar-refractivity contribution < 1.29 is 19.4 Å². The molecule has 8 heteroatoms. The van der Waals surface area contributed by atoms with E-state index < -0.39 is 11.8 Å². The van der Waals surface area contributed by atoms with Crippen LogP contribution in [0.3, 0.4) is 0 Å². The zero-order chi connectivity index (χ0) is 28.9. The molecule has 2 N–H and O–H groups in total. The first-order valence-electron chi connectivity index (χ1n) is 15.3. The van der Waals surface area contributed by atoms with Crippen molar-refractivity contribution in [1.82, 2.24) is 19.4 Å². The number of para-hydroxylation sites is 2. The lowest BCUT2D eigenvalue weighted by atomic mass is 9.91. The molecule has 1 unspecified atom stereocenters. The summed E-state index contributed by atoms with van der Waals surface area (Å²) in [4.78, 5) is 15.8. The number of aliphatic hydroxyl groups excluding tert-OH is 1. The van der Waals surface area contributed by atoms with Crippen molar-refractivity contribution in [3.05, 3.63) is 59.7 Å². The number of carbonyl (C=O) groups excluding carboxylic acids is 1. The van der Waals surface area contributed by atoms with Gasteiger partial charge in [-0.15, -0.1) is 0 Å². The van der Waals surface area contributed by atoms with Crippen LogP contribution in [0, 0.1) is 0 Å². The summed E-state index contributed by atoms with van der Waals surface area (Å²) in [7, 11) is 3.88. The van der Waals surface area contributed by atoms with E-state index in [0.29, 0.717) is 19.5 Å². The van der Waals surface area contributed by atoms with E-state index in [0.717, 1.165) is 74.0 Å². The Morgan fingerprint density at radius 3 is 2.57 bits per heavy atom. The third-order valence-electron chi connectivity index (χ3n) is 10.2. The lowest BCUT2D eigenvalue weighted by Crippen LogP contribution is -2.61. The molecule has 8 nitrogen and oxygen atoms in total. The lowest BCUT2D eigenvalue weighted by molar-refractivity contribution is -0.268. The Bertz CT molecular complexity index is 1910. The molecule has 42 heavy (non-hydrogen) atoms. The minimum Gasteiger partial charge on any atom is -0.392 e. The summed E-state index contributed by atoms with van der Waals surface area (Å²) in [6, 6.07) is 16.9. The standard InChI is InChI=1S/C34H38N4O4/c1-5-6-11-19(39)18-36(3)25-16-26-37-23-14-9-7-12-20(23)28-29-22(17-35-33(29)40)27-21-13-8-10-15-24(21)38(31(27)30(28)37)34(2,42-26)32(25)41-4/h7-10,12-15,19,25-26,32,39H,5-6,11,16-18H2,1-4H3,(H,35,40)/t19?,25-,26-,32-,34+/m0/s1. The van der Waals surface area contributed by atoms with Gasteiger partial charge in [-0.1, -0.05) is 56.2 Å². The van der Waals surface area contributed by atoms with E-state index >= 15 is 0 Å². The number of benzene rings is 3. The zero-order valence-corrected chi connectivity index (χ0v) is 24.7. The molecule has 0 saturated carbocycles. The summed E-state index contributed by atoms with van der Waals surface area (Å²) in [6.45, 7) is 5.38. The monoisotopic (exact) mass is 566 g/mol. The number of fused-ring (bicyclic) bond motifs is 13. The van der Waals surface area contributed by atoms with Gasteiger partial charge in [-0.05, 0) is 38.1 Å². The molecule has 5 aromatic rings. The minimum atomic E-state index is -0.857. The lowest BCUT2D eigenvalue weighted by Gasteiger charge is -2.51. The number of ether oxygens (including phenoxy) is 2. The SMILES string of the molecule is CCCCC(O)CN(C)[C@H]1C[C@@H]2O[C@](C)([C@H]1OC)n1c3ccccc3c3c4c(c5c6ccccc6n2c5c31)C(=O)NC4. The first-order chi connectivity index (χ1) is 20.4. The van der Waals surface area contributed by atoms with Crippen LogP contribution in [0.4, 0.5) is 0 Å². The van der Waals surface area contributed by atoms with E-state index in [-0.39, 0.29) is 24.3 Å². The topological polar surface area (TPSA) is 80.9 Å². The van der Waals surface area contributed by atoms with Crippen LogP contribution in [0.5, 0.6) is 0 Å². The molecule has 0 radical (unpaired) electrons. The molecular formula is C34H38N4O4. The van der Waals surface area contributed by atoms with Gasteiger partial charge in [0, 0.05) is 54.2 Å². The third-order valence-corrected chi connectivity index (χ3v) is 10.2. The van der Waals surface area contributed by atoms with E-state index in [4.69, 9.17) is 9.47 Å². The van der Waals surface area contributed by atoms with Gasteiger partial charge >= 0.3 is 0 Å². The summed E-state index contributed by atoms with van der Waals surface area (Å²) in [6.07, 6.45) is 2.53. The highest BCUT2D eigenvalue weighted by atomic mass is 16.6. The van der Waals surface area contributed by atoms with Gasteiger partial charge < -0.3 is 29.0 Å². The zero-order valence-electron chi connectivity index (χ0n) is 24.7. The van der Waals surface area contributed by atoms with Gasteiger partial charge in [0.15, 0.2) is 5.72 Å². The second kappa shape index (κ2) is 9.28. The number of rotatable bonds is 7. The highest BCUT2D eigenvalue weighted by molar-refractivity contribution is 6.31. The summed E-state index contributed by atoms with van der Waals surface area (Å²) in [5.74, 6) is -0.0144. The van der Waals surface area contributed by atoms with Crippen molar-refractivity contribution in [2.75, 3.05) is 20.7 Å². The smallest absolute Gasteiger partial charge is 0.252 e. The molecule has 3 aliphatic rings. The predicted octanol–water partition coefficient (Wildman–Crippen LogP) is 5.62. The number of methoxy groups -OCH3 is 1. The molecule has 8 rings (SSSR count). The van der Waals surface area contributed by atoms with Crippen LogP contribution >= 0.6 is 0 Å². The number of carbonyl (C=O) groups is 1. The molecule has 2 bridgehead atoms. The van der Waals surface area contributed by atoms with Crippen LogP contribution < -0.4 is 5.32 Å². The third kappa shape index (κ3) is 3.29. The van der Waals surface area contributed by atoms with Gasteiger partial charge in [0.1, 0.15) is 12.3 Å². The average Bonchev–Trinajstić information content (AvgIpc) is 3.63. The van der Waals surface area contributed by atoms with Crippen LogP contribution in [0.1, 0.15) is 61.7 Å². The van der Waals surface area contributed by atoms with E-state index in [9.17, 15) is 9.90 Å². The number of unbranched alkanes of at least 4 members (excludes halogenated alkanes) is 1. The van der Waals surface area contributed by atoms with Crippen molar-refractivity contribution >= 4 is 49.5 Å². The average molecular weight is 567 g/mol. The maximum Gasteiger partial charge on any atom is 0.252 e. The fraction of sp³-hybridized carbons (Fsp3) is 0.441. The van der Waals surface area contributed by atoms with Crippen LogP contribution in [0.2, 0.25) is 0 Å². The maximum absolute atomic E-state index is 13.5. The Morgan fingerprint density at radius 2 is 1.83 bits per heavy atom. The van der Waals surface area contributed by atoms with Crippen molar-refractivity contribution in [2.45, 2.75) is 76.3 Å². The molecule has 2 aromatic heterocycles. The molecule has 1 saturated heterocycles. The fourth-order valence-electron chi connectivity index (χ4n) is 8.44. The van der Waals surface area contributed by atoms with Gasteiger partial charge in [0.25, 0.3) is 5.91 Å². The number of likely N-dealkylation sites (N-methyl/N-ethyl adjacent to an activating group) is 1. The Labute approximate surface area is 244 Å². The molecule has 3 aromatic carbocycles. The van der Waals surface area contributed by atoms with Gasteiger partial charge in [0.05, 0.1) is 33.7 Å². The van der Waals surface area contributed by atoms with E-state index in [1.807, 2.05) is 0 Å². The molecule has 1 amide bonds. The van der Waals surface area contributed by atoms with Crippen LogP contribution in [0.25, 0.3) is 43.6 Å². The Balaban J connectivity index is 1.48. The van der Waals surface area contributed by atoms with Crippen LogP contribution in [-0.2, 0) is 21.7 Å². The first kappa shape index (κ1) is 26.2. The number of amides is 1. The molecular weight excluding hydrogens is 528 g/mol. The molecule has 1 fully saturated rings. The van der Waals surface area contributed by atoms with Gasteiger partial charge in [-0.25, -0.2) is 0 Å². The molecule has 5 atom stereocenters. The predicted molar refractivity (Wildman–Crippen MR) is 165 cm³/mol. The quantitative estimate of drug-likeness (QED) is 0.267. The molecule has 0 aliphatic carbocycles. The second-order valence-corrected chi connectivity index (χ2v) is 12.5. The fourth-order valence-corrected chi connectivity index (χ4v) is 8.44. The van der Waals surface area contributed by atoms with Gasteiger partial charge in [-0.3, -0.25) is 9.69 Å². The van der Waals surface area contributed by atoms with Crippen molar-refractivity contribution in [3.8, 4) is 0 Å². The van der Waals surface area contributed by atoms with Crippen LogP contribution in [0.15, 0.2) is 48.5 Å². The molecule has 218 valence electrons. The number of aliphatic hydroxyl groups is 1. The number of nitrogens with zero attached hydrogens (tertiary/aromatic N) is 3. The Morgan fingerprint density at radius 1 is 1.12 bits per heavy atom. The number of hydrogen-bond acceptors (Lipinski definition) is 5. The number of hydrogen-bond donors (Lipinski definition) is 2. The summed E-state index contributed by atoms with van der Waals surface area (Å²) in [5, 5.41) is 18.4. The van der Waals surface area contributed by atoms with E-state index in [2.05, 4.69) is 88.8 Å². The van der Waals surface area contributed by atoms with Gasteiger partial charge in [-0.2, -0.15) is 0 Å². The van der Waals surface area contributed by atoms with Crippen LogP contribution in [-0.4, -0.2) is 64.0 Å². The summed E-state index contributed by atoms with van der Waals surface area (Å²) >= 11 is 0. The van der Waals surface area contributed by atoms with Gasteiger partial charge in [0.2, 0.25) is 0 Å². The molecule has 3 aliphatic heterocycles.